The third-order valence-electron chi connectivity index (χ3n) is 8.69. The van der Waals surface area contributed by atoms with Gasteiger partial charge >= 0.3 is 10.4 Å². The zero-order chi connectivity index (χ0) is 35.8. The van der Waals surface area contributed by atoms with E-state index in [4.69, 9.17) is 14.0 Å². The fourth-order valence-electron chi connectivity index (χ4n) is 5.70. The van der Waals surface area contributed by atoms with Crippen LogP contribution in [0.2, 0.25) is 0 Å². The van der Waals surface area contributed by atoms with Crippen molar-refractivity contribution < 1.29 is 57.0 Å². The molecule has 0 bridgehead atoms. The summed E-state index contributed by atoms with van der Waals surface area (Å²) in [6, 6.07) is -1.04. The Morgan fingerprint density at radius 3 is 1.92 bits per heavy atom. The normalized spacial score (nSPS) is 23.7. The van der Waals surface area contributed by atoms with E-state index in [1.807, 2.05) is 12.2 Å². The number of amides is 1. The standard InChI is InChI=1S/C34H65NO12S/c1-3-5-7-9-11-13-14-15-17-18-20-22-27(37)26(35-33(41)28(38)23-21-19-16-12-10-8-6-4-2)25-45-34-31(40)32(47-48(42,43)44)30(39)29(24-36)46-34/h16,19,26-32,34,36-40H,3-15,17-18,20-25H2,1-2H3,(H,35,41)(H,42,43,44)/b19-16-. The molecule has 1 aliphatic rings. The molecule has 8 unspecified atom stereocenters. The van der Waals surface area contributed by atoms with Crippen molar-refractivity contribution in [3.63, 3.8) is 0 Å². The maximum absolute atomic E-state index is 12.9. The highest BCUT2D eigenvalue weighted by molar-refractivity contribution is 7.80. The van der Waals surface area contributed by atoms with E-state index < -0.39 is 78.5 Å². The van der Waals surface area contributed by atoms with Gasteiger partial charge in [0.2, 0.25) is 5.91 Å². The topological polar surface area (TPSA) is 212 Å². The summed E-state index contributed by atoms with van der Waals surface area (Å²) in [6.45, 7) is 3.14. The highest BCUT2D eigenvalue weighted by Crippen LogP contribution is 2.26. The summed E-state index contributed by atoms with van der Waals surface area (Å²) in [7, 11) is -5.10. The molecule has 1 saturated heterocycles. The first-order valence-corrected chi connectivity index (χ1v) is 19.5. The van der Waals surface area contributed by atoms with Gasteiger partial charge in [-0.25, -0.2) is 4.18 Å². The summed E-state index contributed by atoms with van der Waals surface area (Å²) in [5.74, 6) is -0.709. The Hall–Kier alpha value is -1.20. The van der Waals surface area contributed by atoms with E-state index >= 15 is 0 Å². The second kappa shape index (κ2) is 26.6. The molecule has 284 valence electrons. The summed E-state index contributed by atoms with van der Waals surface area (Å²) in [5.41, 5.74) is 0. The minimum Gasteiger partial charge on any atom is -0.394 e. The molecule has 0 saturated carbocycles. The Kier molecular flexibility index (Phi) is 24.8. The molecule has 0 aromatic rings. The van der Waals surface area contributed by atoms with Gasteiger partial charge in [-0.3, -0.25) is 9.35 Å². The van der Waals surface area contributed by atoms with Crippen LogP contribution in [0, 0.1) is 0 Å². The summed E-state index contributed by atoms with van der Waals surface area (Å²) in [6.07, 6.45) is 11.7. The molecule has 1 rings (SSSR count). The van der Waals surface area contributed by atoms with Crippen LogP contribution in [0.3, 0.4) is 0 Å². The molecule has 7 N–H and O–H groups in total. The first-order valence-electron chi connectivity index (χ1n) is 18.2. The van der Waals surface area contributed by atoms with E-state index in [1.165, 1.54) is 51.4 Å². The molecule has 8 atom stereocenters. The molecule has 14 heteroatoms. The predicted molar refractivity (Wildman–Crippen MR) is 182 cm³/mol. The number of hydrogen-bond acceptors (Lipinski definition) is 11. The minimum absolute atomic E-state index is 0.175. The molecule has 1 aliphatic heterocycles. The smallest absolute Gasteiger partial charge is 0.394 e. The van der Waals surface area contributed by atoms with E-state index in [2.05, 4.69) is 23.3 Å². The fraction of sp³-hybridized carbons (Fsp3) is 0.912. The van der Waals surface area contributed by atoms with Crippen LogP contribution in [0.5, 0.6) is 0 Å². The van der Waals surface area contributed by atoms with Crippen LogP contribution in [-0.2, 0) is 28.9 Å². The number of unbranched alkanes of at least 4 members (excludes halogenated alkanes) is 14. The monoisotopic (exact) mass is 711 g/mol. The minimum atomic E-state index is -5.10. The van der Waals surface area contributed by atoms with E-state index in [-0.39, 0.29) is 6.42 Å². The number of aliphatic hydroxyl groups excluding tert-OH is 5. The molecular formula is C34H65NO12S. The van der Waals surface area contributed by atoms with Crippen LogP contribution in [0.4, 0.5) is 0 Å². The highest BCUT2D eigenvalue weighted by Gasteiger charge is 2.48. The molecule has 1 amide bonds. The molecule has 13 nitrogen and oxygen atoms in total. The van der Waals surface area contributed by atoms with E-state index in [0.29, 0.717) is 19.3 Å². The maximum Gasteiger partial charge on any atom is 0.397 e. The second-order valence-corrected chi connectivity index (χ2v) is 14.0. The Morgan fingerprint density at radius 2 is 1.35 bits per heavy atom. The van der Waals surface area contributed by atoms with Gasteiger partial charge in [-0.2, -0.15) is 8.42 Å². The summed E-state index contributed by atoms with van der Waals surface area (Å²) in [4.78, 5) is 12.9. The van der Waals surface area contributed by atoms with Crippen LogP contribution in [-0.4, -0.2) is 107 Å². The number of carbonyl (C=O) groups is 1. The van der Waals surface area contributed by atoms with Crippen molar-refractivity contribution in [2.75, 3.05) is 13.2 Å². The molecule has 48 heavy (non-hydrogen) atoms. The number of carbonyl (C=O) groups excluding carboxylic acids is 1. The van der Waals surface area contributed by atoms with Crippen molar-refractivity contribution in [3.8, 4) is 0 Å². The third kappa shape index (κ3) is 19.9. The molecule has 0 spiro atoms. The lowest BCUT2D eigenvalue weighted by atomic mass is 9.99. The lowest BCUT2D eigenvalue weighted by Gasteiger charge is -2.41. The van der Waals surface area contributed by atoms with Gasteiger partial charge < -0.3 is 40.3 Å². The molecule has 1 fully saturated rings. The Labute approximate surface area is 288 Å². The second-order valence-electron chi connectivity index (χ2n) is 12.9. The van der Waals surface area contributed by atoms with Crippen molar-refractivity contribution in [1.29, 1.82) is 0 Å². The van der Waals surface area contributed by atoms with Gasteiger partial charge in [0, 0.05) is 0 Å². The number of allylic oxidation sites excluding steroid dienone is 2. The average molecular weight is 712 g/mol. The van der Waals surface area contributed by atoms with Crippen LogP contribution >= 0.6 is 0 Å². The average Bonchev–Trinajstić information content (AvgIpc) is 3.05. The van der Waals surface area contributed by atoms with Crippen molar-refractivity contribution >= 4 is 16.3 Å². The van der Waals surface area contributed by atoms with Crippen LogP contribution < -0.4 is 5.32 Å². The SMILES string of the molecule is CCCCCC/C=C\CCC(O)C(=O)NC(COC1OC(CO)C(O)C(OS(=O)(=O)O)C1O)C(O)CCCCCCCCCCCCC. The lowest BCUT2D eigenvalue weighted by Crippen LogP contribution is -2.61. The zero-order valence-electron chi connectivity index (χ0n) is 29.2. The molecule has 1 heterocycles. The van der Waals surface area contributed by atoms with Crippen LogP contribution in [0.15, 0.2) is 12.2 Å². The number of nitrogens with one attached hydrogen (secondary N) is 1. The van der Waals surface area contributed by atoms with Crippen molar-refractivity contribution in [2.24, 2.45) is 0 Å². The number of rotatable bonds is 29. The number of ether oxygens (including phenoxy) is 2. The molecular weight excluding hydrogens is 646 g/mol. The molecule has 0 aromatic heterocycles. The van der Waals surface area contributed by atoms with Gasteiger partial charge in [-0.05, 0) is 32.1 Å². The summed E-state index contributed by atoms with van der Waals surface area (Å²) < 4.78 is 47.1. The summed E-state index contributed by atoms with van der Waals surface area (Å²) in [5, 5.41) is 54.7. The first-order chi connectivity index (χ1) is 22.9. The lowest BCUT2D eigenvalue weighted by molar-refractivity contribution is -0.298. The van der Waals surface area contributed by atoms with Gasteiger partial charge in [-0.1, -0.05) is 116 Å². The highest BCUT2D eigenvalue weighted by atomic mass is 32.3. The predicted octanol–water partition coefficient (Wildman–Crippen LogP) is 3.84. The van der Waals surface area contributed by atoms with Crippen LogP contribution in [0.25, 0.3) is 0 Å². The summed E-state index contributed by atoms with van der Waals surface area (Å²) >= 11 is 0. The van der Waals surface area contributed by atoms with Crippen molar-refractivity contribution in [1.82, 2.24) is 5.32 Å². The Bertz CT molecular complexity index is 952. The Balaban J connectivity index is 2.75. The molecule has 0 radical (unpaired) electrons. The maximum atomic E-state index is 12.9. The third-order valence-corrected chi connectivity index (χ3v) is 9.16. The zero-order valence-corrected chi connectivity index (χ0v) is 30.0. The van der Waals surface area contributed by atoms with E-state index in [0.717, 1.165) is 44.9 Å². The molecule has 0 aromatic carbocycles. The van der Waals surface area contributed by atoms with Gasteiger partial charge in [0.05, 0.1) is 25.4 Å². The molecule has 0 aliphatic carbocycles. The van der Waals surface area contributed by atoms with Gasteiger partial charge in [0.15, 0.2) is 6.29 Å². The van der Waals surface area contributed by atoms with Crippen LogP contribution in [0.1, 0.15) is 136 Å². The van der Waals surface area contributed by atoms with Gasteiger partial charge in [-0.15, -0.1) is 0 Å². The Morgan fingerprint density at radius 1 is 0.812 bits per heavy atom. The van der Waals surface area contributed by atoms with Crippen molar-refractivity contribution in [2.45, 2.75) is 185 Å². The van der Waals surface area contributed by atoms with E-state index in [9.17, 15) is 38.7 Å². The largest absolute Gasteiger partial charge is 0.397 e. The quantitative estimate of drug-likeness (QED) is 0.0335. The number of hydrogen-bond donors (Lipinski definition) is 7. The van der Waals surface area contributed by atoms with Gasteiger partial charge in [0.1, 0.15) is 30.5 Å². The van der Waals surface area contributed by atoms with E-state index in [1.54, 1.807) is 0 Å². The first kappa shape index (κ1) is 44.8. The van der Waals surface area contributed by atoms with Gasteiger partial charge in [0.25, 0.3) is 0 Å². The number of aliphatic hydroxyl groups is 5. The van der Waals surface area contributed by atoms with Crippen molar-refractivity contribution in [3.05, 3.63) is 12.2 Å². The fourth-order valence-corrected chi connectivity index (χ4v) is 6.21.